The SMILES string of the molecule is CC(C)(C)OC(=O)NC[C@@H]1CCCC[C@H]1N[C@@H]1CCOC1. The molecule has 5 heteroatoms. The van der Waals surface area contributed by atoms with Crippen LogP contribution in [0.3, 0.4) is 0 Å². The van der Waals surface area contributed by atoms with E-state index in [1.54, 1.807) is 0 Å². The second kappa shape index (κ2) is 7.45. The average Bonchev–Trinajstić information content (AvgIpc) is 2.88. The van der Waals surface area contributed by atoms with Crippen LogP contribution >= 0.6 is 0 Å². The number of carbonyl (C=O) groups is 1. The first-order valence-corrected chi connectivity index (χ1v) is 8.25. The molecule has 0 aromatic heterocycles. The molecule has 1 amide bonds. The molecule has 2 fully saturated rings. The predicted molar refractivity (Wildman–Crippen MR) is 82.3 cm³/mol. The third-order valence-corrected chi connectivity index (χ3v) is 4.20. The summed E-state index contributed by atoms with van der Waals surface area (Å²) in [6, 6.07) is 0.970. The first-order valence-electron chi connectivity index (χ1n) is 8.25. The zero-order valence-corrected chi connectivity index (χ0v) is 13.6. The van der Waals surface area contributed by atoms with Gasteiger partial charge in [-0.2, -0.15) is 0 Å². The van der Waals surface area contributed by atoms with Crippen molar-refractivity contribution in [3.8, 4) is 0 Å². The van der Waals surface area contributed by atoms with Crippen molar-refractivity contribution in [3.05, 3.63) is 0 Å². The van der Waals surface area contributed by atoms with Gasteiger partial charge in [0, 0.05) is 25.2 Å². The van der Waals surface area contributed by atoms with Crippen molar-refractivity contribution >= 4 is 6.09 Å². The molecule has 1 aliphatic carbocycles. The quantitative estimate of drug-likeness (QED) is 0.837. The van der Waals surface area contributed by atoms with Crippen molar-refractivity contribution in [3.63, 3.8) is 0 Å². The summed E-state index contributed by atoms with van der Waals surface area (Å²) >= 11 is 0. The second-order valence-electron chi connectivity index (χ2n) is 7.26. The maximum absolute atomic E-state index is 11.8. The van der Waals surface area contributed by atoms with Gasteiger partial charge in [0.05, 0.1) is 6.61 Å². The Morgan fingerprint density at radius 3 is 2.67 bits per heavy atom. The average molecular weight is 298 g/mol. The van der Waals surface area contributed by atoms with Crippen molar-refractivity contribution in [1.29, 1.82) is 0 Å². The van der Waals surface area contributed by atoms with E-state index < -0.39 is 5.60 Å². The molecule has 1 aliphatic heterocycles. The van der Waals surface area contributed by atoms with Crippen LogP contribution in [0.4, 0.5) is 4.79 Å². The van der Waals surface area contributed by atoms with E-state index in [1.807, 2.05) is 20.8 Å². The Labute approximate surface area is 128 Å². The summed E-state index contributed by atoms with van der Waals surface area (Å²) in [6.45, 7) is 8.04. The van der Waals surface area contributed by atoms with Crippen LogP contribution in [-0.4, -0.2) is 43.5 Å². The first-order chi connectivity index (χ1) is 9.94. The Hall–Kier alpha value is -0.810. The van der Waals surface area contributed by atoms with Gasteiger partial charge in [-0.05, 0) is 46.0 Å². The Bertz CT molecular complexity index is 335. The Morgan fingerprint density at radius 2 is 2.00 bits per heavy atom. The van der Waals surface area contributed by atoms with E-state index in [1.165, 1.54) is 25.7 Å². The molecule has 0 unspecified atom stereocenters. The summed E-state index contributed by atoms with van der Waals surface area (Å²) < 4.78 is 10.7. The number of hydrogen-bond donors (Lipinski definition) is 2. The van der Waals surface area contributed by atoms with Crippen molar-refractivity contribution in [2.45, 2.75) is 70.6 Å². The van der Waals surface area contributed by atoms with Crippen LogP contribution < -0.4 is 10.6 Å². The van der Waals surface area contributed by atoms with E-state index >= 15 is 0 Å². The lowest BCUT2D eigenvalue weighted by Gasteiger charge is -2.34. The van der Waals surface area contributed by atoms with Gasteiger partial charge < -0.3 is 20.1 Å². The molecule has 0 aromatic carbocycles. The number of rotatable bonds is 4. The molecular weight excluding hydrogens is 268 g/mol. The van der Waals surface area contributed by atoms with Gasteiger partial charge >= 0.3 is 6.09 Å². The summed E-state index contributed by atoms with van der Waals surface area (Å²) in [5, 5.41) is 6.65. The van der Waals surface area contributed by atoms with Gasteiger partial charge in [-0.1, -0.05) is 12.8 Å². The molecule has 3 atom stereocenters. The van der Waals surface area contributed by atoms with Crippen molar-refractivity contribution < 1.29 is 14.3 Å². The predicted octanol–water partition coefficient (Wildman–Crippen LogP) is 2.45. The molecule has 21 heavy (non-hydrogen) atoms. The number of nitrogens with one attached hydrogen (secondary N) is 2. The summed E-state index contributed by atoms with van der Waals surface area (Å²) in [5.41, 5.74) is -0.435. The zero-order valence-electron chi connectivity index (χ0n) is 13.6. The molecule has 5 nitrogen and oxygen atoms in total. The summed E-state index contributed by atoms with van der Waals surface area (Å²) in [6.07, 6.45) is 5.67. The minimum absolute atomic E-state index is 0.309. The van der Waals surface area contributed by atoms with Crippen molar-refractivity contribution in [2.24, 2.45) is 5.92 Å². The monoisotopic (exact) mass is 298 g/mol. The minimum atomic E-state index is -0.435. The third-order valence-electron chi connectivity index (χ3n) is 4.20. The lowest BCUT2D eigenvalue weighted by Crippen LogP contribution is -2.48. The third kappa shape index (κ3) is 5.83. The van der Waals surface area contributed by atoms with Crippen LogP contribution in [0.1, 0.15) is 52.9 Å². The lowest BCUT2D eigenvalue weighted by molar-refractivity contribution is 0.0509. The Balaban J connectivity index is 1.77. The molecule has 1 saturated carbocycles. The molecule has 0 bridgehead atoms. The van der Waals surface area contributed by atoms with Crippen LogP contribution in [0.5, 0.6) is 0 Å². The zero-order chi connectivity index (χ0) is 15.3. The number of carbonyl (C=O) groups excluding carboxylic acids is 1. The number of ether oxygens (including phenoxy) is 2. The van der Waals surface area contributed by atoms with Crippen molar-refractivity contribution in [2.75, 3.05) is 19.8 Å². The molecule has 2 rings (SSSR count). The van der Waals surface area contributed by atoms with Gasteiger partial charge in [0.2, 0.25) is 0 Å². The van der Waals surface area contributed by atoms with Crippen LogP contribution in [0.15, 0.2) is 0 Å². The molecule has 0 aromatic rings. The van der Waals surface area contributed by atoms with Crippen LogP contribution in [-0.2, 0) is 9.47 Å². The highest BCUT2D eigenvalue weighted by atomic mass is 16.6. The van der Waals surface area contributed by atoms with E-state index in [0.29, 0.717) is 24.5 Å². The van der Waals surface area contributed by atoms with E-state index in [-0.39, 0.29) is 6.09 Å². The smallest absolute Gasteiger partial charge is 0.407 e. The van der Waals surface area contributed by atoms with Gasteiger partial charge in [0.15, 0.2) is 0 Å². The number of alkyl carbamates (subject to hydrolysis) is 1. The highest BCUT2D eigenvalue weighted by Gasteiger charge is 2.29. The first kappa shape index (κ1) is 16.6. The highest BCUT2D eigenvalue weighted by Crippen LogP contribution is 2.25. The van der Waals surface area contributed by atoms with Crippen LogP contribution in [0, 0.1) is 5.92 Å². The molecular formula is C16H30N2O3. The fourth-order valence-corrected chi connectivity index (χ4v) is 3.17. The van der Waals surface area contributed by atoms with E-state index in [0.717, 1.165) is 19.6 Å². The maximum atomic E-state index is 11.8. The molecule has 0 spiro atoms. The molecule has 0 radical (unpaired) electrons. The van der Waals surface area contributed by atoms with Gasteiger partial charge in [0.25, 0.3) is 0 Å². The molecule has 2 N–H and O–H groups in total. The topological polar surface area (TPSA) is 59.6 Å². The van der Waals surface area contributed by atoms with Gasteiger partial charge in [0.1, 0.15) is 5.60 Å². The Morgan fingerprint density at radius 1 is 1.24 bits per heavy atom. The molecule has 122 valence electrons. The molecule has 1 saturated heterocycles. The minimum Gasteiger partial charge on any atom is -0.444 e. The molecule has 2 aliphatic rings. The highest BCUT2D eigenvalue weighted by molar-refractivity contribution is 5.67. The van der Waals surface area contributed by atoms with Crippen LogP contribution in [0.25, 0.3) is 0 Å². The largest absolute Gasteiger partial charge is 0.444 e. The summed E-state index contributed by atoms with van der Waals surface area (Å²) in [5.74, 6) is 0.492. The van der Waals surface area contributed by atoms with E-state index in [2.05, 4.69) is 10.6 Å². The van der Waals surface area contributed by atoms with E-state index in [4.69, 9.17) is 9.47 Å². The summed E-state index contributed by atoms with van der Waals surface area (Å²) in [7, 11) is 0. The van der Waals surface area contributed by atoms with Crippen molar-refractivity contribution in [1.82, 2.24) is 10.6 Å². The normalized spacial score (nSPS) is 30.1. The van der Waals surface area contributed by atoms with Gasteiger partial charge in [-0.25, -0.2) is 4.79 Å². The maximum Gasteiger partial charge on any atom is 0.407 e. The van der Waals surface area contributed by atoms with Crippen LogP contribution in [0.2, 0.25) is 0 Å². The lowest BCUT2D eigenvalue weighted by atomic mass is 9.84. The standard InChI is InChI=1S/C16H30N2O3/c1-16(2,3)21-15(19)17-10-12-6-4-5-7-14(12)18-13-8-9-20-11-13/h12-14,18H,4-11H2,1-3H3,(H,17,19)/t12-,13+,14+/m0/s1. The summed E-state index contributed by atoms with van der Waals surface area (Å²) in [4.78, 5) is 11.8. The fraction of sp³-hybridized carbons (Fsp3) is 0.938. The Kier molecular flexibility index (Phi) is 5.88. The fourth-order valence-electron chi connectivity index (χ4n) is 3.17. The van der Waals surface area contributed by atoms with E-state index in [9.17, 15) is 4.79 Å². The molecule has 1 heterocycles. The number of amides is 1. The van der Waals surface area contributed by atoms with Gasteiger partial charge in [-0.3, -0.25) is 0 Å². The number of hydrogen-bond acceptors (Lipinski definition) is 4. The second-order valence-corrected chi connectivity index (χ2v) is 7.26. The van der Waals surface area contributed by atoms with Gasteiger partial charge in [-0.15, -0.1) is 0 Å².